The first-order valence-corrected chi connectivity index (χ1v) is 5.67. The first-order chi connectivity index (χ1) is 7.11. The zero-order chi connectivity index (χ0) is 11.0. The average molecular weight is 270 g/mol. The Morgan fingerprint density at radius 3 is 3.00 bits per heavy atom. The molecule has 0 spiro atoms. The largest absolute Gasteiger partial charge is 0.465 e. The van der Waals surface area contributed by atoms with Gasteiger partial charge in [-0.25, -0.2) is 4.79 Å². The van der Waals surface area contributed by atoms with Crippen LogP contribution < -0.4 is 0 Å². The van der Waals surface area contributed by atoms with Crippen LogP contribution >= 0.6 is 15.9 Å². The lowest BCUT2D eigenvalue weighted by atomic mass is 9.94. The lowest BCUT2D eigenvalue weighted by Gasteiger charge is -2.33. The van der Waals surface area contributed by atoms with Crippen molar-refractivity contribution in [2.24, 2.45) is 0 Å². The fourth-order valence-corrected chi connectivity index (χ4v) is 2.67. The fourth-order valence-electron chi connectivity index (χ4n) is 2.09. The van der Waals surface area contributed by atoms with Crippen molar-refractivity contribution in [3.8, 4) is 0 Å². The molecule has 1 N–H and O–H groups in total. The van der Waals surface area contributed by atoms with Crippen LogP contribution in [0.25, 0.3) is 0 Å². The van der Waals surface area contributed by atoms with Crippen LogP contribution in [0.2, 0.25) is 0 Å². The second-order valence-electron chi connectivity index (χ2n) is 3.71. The van der Waals surface area contributed by atoms with Gasteiger partial charge in [-0.2, -0.15) is 0 Å². The number of benzene rings is 1. The van der Waals surface area contributed by atoms with E-state index in [1.54, 1.807) is 0 Å². The van der Waals surface area contributed by atoms with Crippen molar-refractivity contribution in [3.05, 3.63) is 33.8 Å². The molecule has 0 aliphatic carbocycles. The smallest absolute Gasteiger partial charge is 0.407 e. The van der Waals surface area contributed by atoms with Gasteiger partial charge in [-0.05, 0) is 30.5 Å². The molecule has 15 heavy (non-hydrogen) atoms. The van der Waals surface area contributed by atoms with Crippen molar-refractivity contribution in [2.75, 3.05) is 6.54 Å². The Balaban J connectivity index is 2.42. The molecule has 1 aliphatic heterocycles. The molecule has 1 aromatic carbocycles. The van der Waals surface area contributed by atoms with E-state index in [1.807, 2.05) is 25.1 Å². The number of amides is 1. The third-order valence-corrected chi connectivity index (χ3v) is 3.66. The third kappa shape index (κ3) is 1.74. The van der Waals surface area contributed by atoms with E-state index in [2.05, 4.69) is 15.9 Å². The summed E-state index contributed by atoms with van der Waals surface area (Å²) in [6, 6.07) is 5.90. The molecule has 0 radical (unpaired) electrons. The van der Waals surface area contributed by atoms with Crippen molar-refractivity contribution in [2.45, 2.75) is 19.4 Å². The first-order valence-electron chi connectivity index (χ1n) is 4.88. The van der Waals surface area contributed by atoms with Crippen LogP contribution in [0.4, 0.5) is 4.79 Å². The number of halogens is 1. The molecule has 1 aromatic rings. The Kier molecular flexibility index (Phi) is 2.69. The van der Waals surface area contributed by atoms with E-state index in [1.165, 1.54) is 10.5 Å². The van der Waals surface area contributed by atoms with Crippen molar-refractivity contribution in [1.29, 1.82) is 0 Å². The molecule has 4 heteroatoms. The standard InChI is InChI=1S/C11H12BrNO2/c1-7-8-3-2-4-10(12)9(8)5-6-13(7)11(14)15/h2-4,7H,5-6H2,1H3,(H,14,15)/t7-/m1/s1. The predicted molar refractivity (Wildman–Crippen MR) is 61.0 cm³/mol. The van der Waals surface area contributed by atoms with Gasteiger partial charge in [-0.1, -0.05) is 28.1 Å². The summed E-state index contributed by atoms with van der Waals surface area (Å²) in [4.78, 5) is 12.5. The monoisotopic (exact) mass is 269 g/mol. The topological polar surface area (TPSA) is 40.5 Å². The molecule has 1 aliphatic rings. The highest BCUT2D eigenvalue weighted by Gasteiger charge is 2.27. The van der Waals surface area contributed by atoms with Gasteiger partial charge in [0.05, 0.1) is 6.04 Å². The minimum absolute atomic E-state index is 0.0521. The fraction of sp³-hybridized carbons (Fsp3) is 0.364. The summed E-state index contributed by atoms with van der Waals surface area (Å²) in [7, 11) is 0. The number of carboxylic acid groups (broad SMARTS) is 1. The van der Waals surface area contributed by atoms with Gasteiger partial charge < -0.3 is 10.0 Å². The molecular weight excluding hydrogens is 258 g/mol. The van der Waals surface area contributed by atoms with Crippen LogP contribution in [0, 0.1) is 0 Å². The van der Waals surface area contributed by atoms with Crippen LogP contribution in [0.15, 0.2) is 22.7 Å². The van der Waals surface area contributed by atoms with Gasteiger partial charge in [0.15, 0.2) is 0 Å². The van der Waals surface area contributed by atoms with E-state index >= 15 is 0 Å². The van der Waals surface area contributed by atoms with Gasteiger partial charge in [0.25, 0.3) is 0 Å². The maximum atomic E-state index is 11.0. The van der Waals surface area contributed by atoms with Gasteiger partial charge >= 0.3 is 6.09 Å². The second-order valence-corrected chi connectivity index (χ2v) is 4.56. The molecular formula is C11H12BrNO2. The highest BCUT2D eigenvalue weighted by molar-refractivity contribution is 9.10. The van der Waals surface area contributed by atoms with Crippen molar-refractivity contribution in [1.82, 2.24) is 4.90 Å². The molecule has 0 aromatic heterocycles. The Morgan fingerprint density at radius 1 is 1.60 bits per heavy atom. The normalized spacial score (nSPS) is 19.9. The van der Waals surface area contributed by atoms with E-state index in [0.717, 1.165) is 16.5 Å². The molecule has 2 rings (SSSR count). The van der Waals surface area contributed by atoms with E-state index in [4.69, 9.17) is 5.11 Å². The number of hydrogen-bond donors (Lipinski definition) is 1. The maximum absolute atomic E-state index is 11.0. The number of nitrogens with zero attached hydrogens (tertiary/aromatic N) is 1. The summed E-state index contributed by atoms with van der Waals surface area (Å²) in [5.41, 5.74) is 2.35. The zero-order valence-corrected chi connectivity index (χ0v) is 9.99. The van der Waals surface area contributed by atoms with Crippen LogP contribution in [-0.2, 0) is 6.42 Å². The van der Waals surface area contributed by atoms with Gasteiger partial charge in [-0.15, -0.1) is 0 Å². The minimum Gasteiger partial charge on any atom is -0.465 e. The van der Waals surface area contributed by atoms with Crippen molar-refractivity contribution in [3.63, 3.8) is 0 Å². The summed E-state index contributed by atoms with van der Waals surface area (Å²) in [6.45, 7) is 2.50. The lowest BCUT2D eigenvalue weighted by Crippen LogP contribution is -2.37. The van der Waals surface area contributed by atoms with Crippen LogP contribution in [0.5, 0.6) is 0 Å². The van der Waals surface area contributed by atoms with Gasteiger partial charge in [-0.3, -0.25) is 0 Å². The molecule has 80 valence electrons. The highest BCUT2D eigenvalue weighted by Crippen LogP contribution is 2.33. The van der Waals surface area contributed by atoms with Gasteiger partial charge in [0, 0.05) is 11.0 Å². The van der Waals surface area contributed by atoms with Gasteiger partial charge in [0.1, 0.15) is 0 Å². The molecule has 0 bridgehead atoms. The Morgan fingerprint density at radius 2 is 2.33 bits per heavy atom. The quantitative estimate of drug-likeness (QED) is 0.787. The number of rotatable bonds is 0. The predicted octanol–water partition coefficient (Wildman–Crippen LogP) is 3.05. The number of fused-ring (bicyclic) bond motifs is 1. The van der Waals surface area contributed by atoms with E-state index < -0.39 is 6.09 Å². The molecule has 0 unspecified atom stereocenters. The maximum Gasteiger partial charge on any atom is 0.407 e. The Labute approximate surface area is 96.8 Å². The zero-order valence-electron chi connectivity index (χ0n) is 8.40. The Hall–Kier alpha value is -1.03. The van der Waals surface area contributed by atoms with Crippen molar-refractivity contribution >= 4 is 22.0 Å². The highest BCUT2D eigenvalue weighted by atomic mass is 79.9. The molecule has 0 saturated carbocycles. The first kappa shape index (κ1) is 10.5. The molecule has 1 atom stereocenters. The second kappa shape index (κ2) is 3.85. The summed E-state index contributed by atoms with van der Waals surface area (Å²) in [5, 5.41) is 9.02. The average Bonchev–Trinajstić information content (AvgIpc) is 2.19. The van der Waals surface area contributed by atoms with E-state index in [-0.39, 0.29) is 6.04 Å². The van der Waals surface area contributed by atoms with Crippen LogP contribution in [0.1, 0.15) is 24.1 Å². The summed E-state index contributed by atoms with van der Waals surface area (Å²) in [6.07, 6.45) is -0.0546. The summed E-state index contributed by atoms with van der Waals surface area (Å²) >= 11 is 3.50. The number of carbonyl (C=O) groups is 1. The van der Waals surface area contributed by atoms with E-state index in [0.29, 0.717) is 6.54 Å². The number of hydrogen-bond acceptors (Lipinski definition) is 1. The molecule has 0 fully saturated rings. The Bertz CT molecular complexity index is 406. The van der Waals surface area contributed by atoms with E-state index in [9.17, 15) is 4.79 Å². The summed E-state index contributed by atoms with van der Waals surface area (Å²) < 4.78 is 1.08. The van der Waals surface area contributed by atoms with Crippen LogP contribution in [0.3, 0.4) is 0 Å². The van der Waals surface area contributed by atoms with Crippen molar-refractivity contribution < 1.29 is 9.90 Å². The lowest BCUT2D eigenvalue weighted by molar-refractivity contribution is 0.124. The molecule has 0 saturated heterocycles. The SMILES string of the molecule is C[C@@H]1c2cccc(Br)c2CCN1C(=O)O. The molecule has 1 heterocycles. The molecule has 3 nitrogen and oxygen atoms in total. The van der Waals surface area contributed by atoms with Gasteiger partial charge in [0.2, 0.25) is 0 Å². The third-order valence-electron chi connectivity index (χ3n) is 2.92. The van der Waals surface area contributed by atoms with Crippen LogP contribution in [-0.4, -0.2) is 22.6 Å². The summed E-state index contributed by atoms with van der Waals surface area (Å²) in [5.74, 6) is 0. The molecule has 1 amide bonds. The minimum atomic E-state index is -0.840.